The lowest BCUT2D eigenvalue weighted by molar-refractivity contribution is -0.132. The number of hydrogen-bond donors (Lipinski definition) is 2. The number of fused-ring (bicyclic) bond motifs is 1. The summed E-state index contributed by atoms with van der Waals surface area (Å²) < 4.78 is 0. The van der Waals surface area contributed by atoms with Gasteiger partial charge in [-0.25, -0.2) is 4.79 Å². The number of allylic oxidation sites excluding steroid dienone is 1. The Morgan fingerprint density at radius 3 is 2.79 bits per heavy atom. The Morgan fingerprint density at radius 2 is 2.00 bits per heavy atom. The van der Waals surface area contributed by atoms with Crippen molar-refractivity contribution in [3.05, 3.63) is 47.7 Å². The molecule has 0 aromatic heterocycles. The molecule has 1 aliphatic carbocycles. The minimum Gasteiger partial charge on any atom is -0.337 e. The smallest absolute Gasteiger partial charge is 0.315 e. The van der Waals surface area contributed by atoms with Crippen LogP contribution in [0.3, 0.4) is 0 Å². The van der Waals surface area contributed by atoms with E-state index in [1.54, 1.807) is 4.90 Å². The van der Waals surface area contributed by atoms with Gasteiger partial charge in [-0.2, -0.15) is 0 Å². The number of nitrogens with zero attached hydrogens (tertiary/aromatic N) is 1. The molecule has 1 aromatic carbocycles. The Balaban J connectivity index is 1.58. The first-order valence-corrected chi connectivity index (χ1v) is 8.64. The van der Waals surface area contributed by atoms with Gasteiger partial charge >= 0.3 is 6.03 Å². The lowest BCUT2D eigenvalue weighted by Crippen LogP contribution is -2.50. The fourth-order valence-electron chi connectivity index (χ4n) is 3.78. The third-order valence-electron chi connectivity index (χ3n) is 5.18. The molecule has 1 heterocycles. The molecule has 2 N–H and O–H groups in total. The predicted molar refractivity (Wildman–Crippen MR) is 93.1 cm³/mol. The number of urea groups is 1. The van der Waals surface area contributed by atoms with Crippen molar-refractivity contribution in [3.8, 4) is 0 Å². The average Bonchev–Trinajstić information content (AvgIpc) is 2.63. The van der Waals surface area contributed by atoms with Crippen molar-refractivity contribution in [1.29, 1.82) is 0 Å². The van der Waals surface area contributed by atoms with Crippen LogP contribution in [0.2, 0.25) is 0 Å². The second kappa shape index (κ2) is 7.07. The summed E-state index contributed by atoms with van der Waals surface area (Å²) in [4.78, 5) is 25.9. The molecule has 5 nitrogen and oxygen atoms in total. The molecule has 1 atom stereocenters. The SMILES string of the molecule is CN1C(=O)CCC2(CNC(=O)NCc3ccccc3)CCCC=C12. The van der Waals surface area contributed by atoms with Gasteiger partial charge in [0, 0.05) is 37.7 Å². The van der Waals surface area contributed by atoms with Gasteiger partial charge in [-0.15, -0.1) is 0 Å². The molecule has 0 bridgehead atoms. The summed E-state index contributed by atoms with van der Waals surface area (Å²) in [5, 5.41) is 5.92. The van der Waals surface area contributed by atoms with E-state index in [1.807, 2.05) is 37.4 Å². The van der Waals surface area contributed by atoms with Crippen LogP contribution >= 0.6 is 0 Å². The monoisotopic (exact) mass is 327 g/mol. The Morgan fingerprint density at radius 1 is 1.21 bits per heavy atom. The Labute approximate surface area is 143 Å². The van der Waals surface area contributed by atoms with E-state index in [4.69, 9.17) is 0 Å². The Kier molecular flexibility index (Phi) is 4.88. The van der Waals surface area contributed by atoms with Gasteiger partial charge in [0.15, 0.2) is 0 Å². The molecular weight excluding hydrogens is 302 g/mol. The van der Waals surface area contributed by atoms with Crippen molar-refractivity contribution >= 4 is 11.9 Å². The summed E-state index contributed by atoms with van der Waals surface area (Å²) in [6, 6.07) is 9.70. The largest absolute Gasteiger partial charge is 0.337 e. The van der Waals surface area contributed by atoms with Crippen molar-refractivity contribution < 1.29 is 9.59 Å². The molecule has 0 saturated carbocycles. The molecule has 5 heteroatoms. The van der Waals surface area contributed by atoms with Crippen LogP contribution in [0.4, 0.5) is 4.79 Å². The number of likely N-dealkylation sites (tertiary alicyclic amines) is 1. The van der Waals surface area contributed by atoms with E-state index in [2.05, 4.69) is 16.7 Å². The van der Waals surface area contributed by atoms with E-state index >= 15 is 0 Å². The number of rotatable bonds is 4. The molecule has 128 valence electrons. The minimum atomic E-state index is -0.155. The van der Waals surface area contributed by atoms with E-state index < -0.39 is 0 Å². The quantitative estimate of drug-likeness (QED) is 0.893. The second-order valence-corrected chi connectivity index (χ2v) is 6.74. The van der Waals surface area contributed by atoms with Crippen molar-refractivity contribution in [2.75, 3.05) is 13.6 Å². The maximum absolute atomic E-state index is 12.2. The van der Waals surface area contributed by atoms with Crippen LogP contribution in [0.15, 0.2) is 42.1 Å². The number of amides is 3. The molecule has 3 amide bonds. The highest BCUT2D eigenvalue weighted by molar-refractivity contribution is 5.80. The fourth-order valence-corrected chi connectivity index (χ4v) is 3.78. The van der Waals surface area contributed by atoms with Crippen molar-refractivity contribution in [2.24, 2.45) is 5.41 Å². The van der Waals surface area contributed by atoms with Gasteiger partial charge in [0.05, 0.1) is 0 Å². The molecule has 0 radical (unpaired) electrons. The van der Waals surface area contributed by atoms with Gasteiger partial charge < -0.3 is 15.5 Å². The zero-order valence-electron chi connectivity index (χ0n) is 14.2. The molecule has 1 aromatic rings. The normalized spacial score (nSPS) is 23.3. The summed E-state index contributed by atoms with van der Waals surface area (Å²) in [6.07, 6.45) is 6.69. The first-order valence-electron chi connectivity index (χ1n) is 8.64. The first-order chi connectivity index (χ1) is 11.6. The molecule has 3 rings (SSSR count). The van der Waals surface area contributed by atoms with Crippen LogP contribution in [-0.2, 0) is 11.3 Å². The topological polar surface area (TPSA) is 61.4 Å². The summed E-state index contributed by atoms with van der Waals surface area (Å²) in [6.45, 7) is 1.10. The van der Waals surface area contributed by atoms with Gasteiger partial charge in [-0.1, -0.05) is 36.4 Å². The number of benzene rings is 1. The summed E-state index contributed by atoms with van der Waals surface area (Å²) in [5.41, 5.74) is 2.07. The molecule has 1 unspecified atom stereocenters. The van der Waals surface area contributed by atoms with Crippen molar-refractivity contribution in [2.45, 2.75) is 38.6 Å². The highest BCUT2D eigenvalue weighted by atomic mass is 16.2. The van der Waals surface area contributed by atoms with E-state index in [-0.39, 0.29) is 17.4 Å². The van der Waals surface area contributed by atoms with Gasteiger partial charge in [0.25, 0.3) is 0 Å². The number of nitrogens with one attached hydrogen (secondary N) is 2. The van der Waals surface area contributed by atoms with Crippen LogP contribution in [0.5, 0.6) is 0 Å². The summed E-state index contributed by atoms with van der Waals surface area (Å²) in [7, 11) is 1.85. The first kappa shape index (κ1) is 16.6. The van der Waals surface area contributed by atoms with E-state index in [0.717, 1.165) is 36.9 Å². The van der Waals surface area contributed by atoms with Crippen LogP contribution in [-0.4, -0.2) is 30.4 Å². The third-order valence-corrected chi connectivity index (χ3v) is 5.18. The third kappa shape index (κ3) is 3.45. The number of piperidine rings is 1. The van der Waals surface area contributed by atoms with Crippen molar-refractivity contribution in [1.82, 2.24) is 15.5 Å². The van der Waals surface area contributed by atoms with Gasteiger partial charge in [0.2, 0.25) is 5.91 Å². The van der Waals surface area contributed by atoms with E-state index in [9.17, 15) is 9.59 Å². The molecule has 1 saturated heterocycles. The Bertz CT molecular complexity index is 641. The lowest BCUT2D eigenvalue weighted by Gasteiger charge is -2.46. The minimum absolute atomic E-state index is 0.0923. The maximum Gasteiger partial charge on any atom is 0.315 e. The highest BCUT2D eigenvalue weighted by Gasteiger charge is 2.43. The molecule has 24 heavy (non-hydrogen) atoms. The highest BCUT2D eigenvalue weighted by Crippen LogP contribution is 2.45. The molecule has 1 aliphatic heterocycles. The van der Waals surface area contributed by atoms with E-state index in [0.29, 0.717) is 19.5 Å². The van der Waals surface area contributed by atoms with Crippen molar-refractivity contribution in [3.63, 3.8) is 0 Å². The lowest BCUT2D eigenvalue weighted by atomic mass is 9.70. The molecular formula is C19H25N3O2. The maximum atomic E-state index is 12.2. The van der Waals surface area contributed by atoms with Gasteiger partial charge in [-0.3, -0.25) is 4.79 Å². The standard InChI is InChI=1S/C19H25N3O2/c1-22-16-9-5-6-11-19(16,12-10-17(22)23)14-21-18(24)20-13-15-7-3-2-4-8-15/h2-4,7-9H,5-6,10-14H2,1H3,(H2,20,21,24). The van der Waals surface area contributed by atoms with Gasteiger partial charge in [0.1, 0.15) is 0 Å². The van der Waals surface area contributed by atoms with Crippen LogP contribution in [0.25, 0.3) is 0 Å². The Hall–Kier alpha value is -2.30. The molecule has 2 aliphatic rings. The van der Waals surface area contributed by atoms with Gasteiger partial charge in [-0.05, 0) is 31.2 Å². The van der Waals surface area contributed by atoms with E-state index in [1.165, 1.54) is 0 Å². The average molecular weight is 327 g/mol. The van der Waals surface area contributed by atoms with Crippen LogP contribution < -0.4 is 10.6 Å². The fraction of sp³-hybridized carbons (Fsp3) is 0.474. The van der Waals surface area contributed by atoms with Crippen LogP contribution in [0.1, 0.15) is 37.7 Å². The predicted octanol–water partition coefficient (Wildman–Crippen LogP) is 2.79. The summed E-state index contributed by atoms with van der Waals surface area (Å²) in [5.74, 6) is 0.173. The summed E-state index contributed by atoms with van der Waals surface area (Å²) >= 11 is 0. The zero-order valence-corrected chi connectivity index (χ0v) is 14.2. The molecule has 0 spiro atoms. The number of hydrogen-bond acceptors (Lipinski definition) is 2. The number of carbonyl (C=O) groups is 2. The van der Waals surface area contributed by atoms with Crippen LogP contribution in [0, 0.1) is 5.41 Å². The zero-order chi connectivity index (χ0) is 17.0. The number of carbonyl (C=O) groups excluding carboxylic acids is 2. The second-order valence-electron chi connectivity index (χ2n) is 6.74. The molecule has 1 fully saturated rings.